The van der Waals surface area contributed by atoms with Crippen molar-refractivity contribution in [1.82, 2.24) is 4.90 Å². The number of imide groups is 1. The fourth-order valence-electron chi connectivity index (χ4n) is 3.25. The number of halogens is 1. The normalized spacial score (nSPS) is 22.4. The van der Waals surface area contributed by atoms with Gasteiger partial charge in [0.2, 0.25) is 11.8 Å². The van der Waals surface area contributed by atoms with Crippen LogP contribution in [0.4, 0.5) is 10.1 Å². The number of nitrogens with one attached hydrogen (secondary N) is 1. The zero-order chi connectivity index (χ0) is 19.6. The number of likely N-dealkylation sites (tertiary alicyclic amines) is 1. The fourth-order valence-corrected chi connectivity index (χ4v) is 3.25. The van der Waals surface area contributed by atoms with Crippen LogP contribution in [0, 0.1) is 17.7 Å². The van der Waals surface area contributed by atoms with Crippen molar-refractivity contribution in [2.45, 2.75) is 25.9 Å². The third kappa shape index (κ3) is 4.05. The first kappa shape index (κ1) is 18.8. The maximum atomic E-state index is 13.1. The molecule has 3 atom stereocenters. The SMILES string of the molecule is C[C@H](OC(=O)CN1C(=O)[C@H]2CC=CC[C@H]2C1=O)C(=O)Nc1cccc(F)c1. The molecule has 2 aliphatic rings. The number of hydrogen-bond donors (Lipinski definition) is 1. The Balaban J connectivity index is 1.55. The number of benzene rings is 1. The zero-order valence-corrected chi connectivity index (χ0v) is 14.7. The Morgan fingerprint density at radius 1 is 1.22 bits per heavy atom. The maximum absolute atomic E-state index is 13.1. The molecule has 0 aromatic heterocycles. The number of carbonyl (C=O) groups is 4. The molecule has 1 aliphatic heterocycles. The summed E-state index contributed by atoms with van der Waals surface area (Å²) in [5, 5.41) is 2.43. The average molecular weight is 374 g/mol. The van der Waals surface area contributed by atoms with Crippen molar-refractivity contribution in [2.75, 3.05) is 11.9 Å². The Hall–Kier alpha value is -3.03. The number of rotatable bonds is 5. The van der Waals surface area contributed by atoms with Crippen LogP contribution in [0.15, 0.2) is 36.4 Å². The van der Waals surface area contributed by atoms with Crippen LogP contribution in [0.3, 0.4) is 0 Å². The topological polar surface area (TPSA) is 92.8 Å². The Kier molecular flexibility index (Phi) is 5.34. The Morgan fingerprint density at radius 2 is 1.85 bits per heavy atom. The molecule has 1 aromatic carbocycles. The van der Waals surface area contributed by atoms with Gasteiger partial charge in [0.05, 0.1) is 11.8 Å². The molecule has 27 heavy (non-hydrogen) atoms. The second kappa shape index (κ2) is 7.69. The van der Waals surface area contributed by atoms with Crippen molar-refractivity contribution in [2.24, 2.45) is 11.8 Å². The average Bonchev–Trinajstić information content (AvgIpc) is 2.87. The van der Waals surface area contributed by atoms with E-state index >= 15 is 0 Å². The minimum atomic E-state index is -1.17. The fraction of sp³-hybridized carbons (Fsp3) is 0.368. The molecule has 1 saturated heterocycles. The lowest BCUT2D eigenvalue weighted by atomic mass is 9.85. The molecule has 8 heteroatoms. The van der Waals surface area contributed by atoms with E-state index in [1.165, 1.54) is 25.1 Å². The molecule has 1 fully saturated rings. The quantitative estimate of drug-likeness (QED) is 0.481. The van der Waals surface area contributed by atoms with Gasteiger partial charge in [-0.15, -0.1) is 0 Å². The molecule has 1 N–H and O–H groups in total. The molecule has 1 aromatic rings. The smallest absolute Gasteiger partial charge is 0.326 e. The van der Waals surface area contributed by atoms with Gasteiger partial charge in [-0.25, -0.2) is 4.39 Å². The number of anilines is 1. The highest BCUT2D eigenvalue weighted by Crippen LogP contribution is 2.34. The highest BCUT2D eigenvalue weighted by Gasteiger charge is 2.47. The van der Waals surface area contributed by atoms with Gasteiger partial charge in [0.15, 0.2) is 6.10 Å². The van der Waals surface area contributed by atoms with Gasteiger partial charge in [0, 0.05) is 5.69 Å². The molecule has 0 bridgehead atoms. The van der Waals surface area contributed by atoms with Crippen LogP contribution < -0.4 is 5.32 Å². The molecule has 7 nitrogen and oxygen atoms in total. The molecule has 0 radical (unpaired) electrons. The molecule has 0 unspecified atom stereocenters. The van der Waals surface area contributed by atoms with Gasteiger partial charge in [-0.2, -0.15) is 0 Å². The number of fused-ring (bicyclic) bond motifs is 1. The molecular weight excluding hydrogens is 355 g/mol. The highest BCUT2D eigenvalue weighted by molar-refractivity contribution is 6.07. The molecule has 142 valence electrons. The van der Waals surface area contributed by atoms with Crippen molar-refractivity contribution in [3.05, 3.63) is 42.2 Å². The van der Waals surface area contributed by atoms with Crippen LogP contribution >= 0.6 is 0 Å². The minimum Gasteiger partial charge on any atom is -0.451 e. The zero-order valence-electron chi connectivity index (χ0n) is 14.7. The number of amides is 3. The van der Waals surface area contributed by atoms with Gasteiger partial charge in [-0.05, 0) is 38.0 Å². The first-order chi connectivity index (χ1) is 12.9. The summed E-state index contributed by atoms with van der Waals surface area (Å²) in [6, 6.07) is 5.29. The van der Waals surface area contributed by atoms with Gasteiger partial charge < -0.3 is 10.1 Å². The Morgan fingerprint density at radius 3 is 2.44 bits per heavy atom. The van der Waals surface area contributed by atoms with Crippen molar-refractivity contribution >= 4 is 29.4 Å². The Labute approximate surface area is 155 Å². The van der Waals surface area contributed by atoms with Gasteiger partial charge in [0.1, 0.15) is 12.4 Å². The highest BCUT2D eigenvalue weighted by atomic mass is 19.1. The van der Waals surface area contributed by atoms with E-state index in [2.05, 4.69) is 5.32 Å². The number of allylic oxidation sites excluding steroid dienone is 2. The van der Waals surface area contributed by atoms with Gasteiger partial charge in [-0.1, -0.05) is 18.2 Å². The summed E-state index contributed by atoms with van der Waals surface area (Å²) < 4.78 is 18.2. The van der Waals surface area contributed by atoms with E-state index in [1.807, 2.05) is 12.2 Å². The molecular formula is C19H19FN2O5. The monoisotopic (exact) mass is 374 g/mol. The van der Waals surface area contributed by atoms with Gasteiger partial charge in [0.25, 0.3) is 5.91 Å². The maximum Gasteiger partial charge on any atom is 0.326 e. The predicted octanol–water partition coefficient (Wildman–Crippen LogP) is 1.65. The number of esters is 1. The first-order valence-corrected chi connectivity index (χ1v) is 8.63. The number of nitrogens with zero attached hydrogens (tertiary/aromatic N) is 1. The summed E-state index contributed by atoms with van der Waals surface area (Å²) in [5.41, 5.74) is 0.226. The predicted molar refractivity (Wildman–Crippen MR) is 92.7 cm³/mol. The van der Waals surface area contributed by atoms with E-state index in [9.17, 15) is 23.6 Å². The summed E-state index contributed by atoms with van der Waals surface area (Å²) in [5.74, 6) is -3.64. The van der Waals surface area contributed by atoms with Crippen molar-refractivity contribution in [3.63, 3.8) is 0 Å². The summed E-state index contributed by atoms with van der Waals surface area (Å²) in [6.07, 6.45) is 3.50. The van der Waals surface area contributed by atoms with E-state index in [0.717, 1.165) is 11.0 Å². The first-order valence-electron chi connectivity index (χ1n) is 8.63. The molecule has 3 rings (SSSR count). The van der Waals surface area contributed by atoms with E-state index in [1.54, 1.807) is 0 Å². The molecule has 1 heterocycles. The lowest BCUT2D eigenvalue weighted by molar-refractivity contribution is -0.158. The number of ether oxygens (including phenoxy) is 1. The van der Waals surface area contributed by atoms with E-state index in [4.69, 9.17) is 4.74 Å². The van der Waals surface area contributed by atoms with Crippen molar-refractivity contribution < 1.29 is 28.3 Å². The van der Waals surface area contributed by atoms with E-state index in [0.29, 0.717) is 12.8 Å². The van der Waals surface area contributed by atoms with Crippen molar-refractivity contribution in [1.29, 1.82) is 0 Å². The van der Waals surface area contributed by atoms with E-state index < -0.39 is 42.2 Å². The summed E-state index contributed by atoms with van der Waals surface area (Å²) in [4.78, 5) is 49.7. The van der Waals surface area contributed by atoms with E-state index in [-0.39, 0.29) is 17.5 Å². The lowest BCUT2D eigenvalue weighted by Crippen LogP contribution is -2.39. The second-order valence-corrected chi connectivity index (χ2v) is 6.55. The third-order valence-corrected chi connectivity index (χ3v) is 4.66. The largest absolute Gasteiger partial charge is 0.451 e. The Bertz CT molecular complexity index is 796. The van der Waals surface area contributed by atoms with Crippen LogP contribution in [-0.2, 0) is 23.9 Å². The van der Waals surface area contributed by atoms with Crippen LogP contribution in [0.5, 0.6) is 0 Å². The second-order valence-electron chi connectivity index (χ2n) is 6.55. The standard InChI is InChI=1S/C19H19FN2O5/c1-11(17(24)21-13-6-4-5-12(20)9-13)27-16(23)10-22-18(25)14-7-2-3-8-15(14)19(22)26/h2-6,9,11,14-15H,7-8,10H2,1H3,(H,21,24)/t11-,14-,15+/m0/s1. The lowest BCUT2D eigenvalue weighted by Gasteiger charge is -2.17. The minimum absolute atomic E-state index is 0.226. The molecule has 0 spiro atoms. The molecule has 3 amide bonds. The van der Waals surface area contributed by atoms with Crippen LogP contribution in [0.2, 0.25) is 0 Å². The summed E-state index contributed by atoms with van der Waals surface area (Å²) >= 11 is 0. The van der Waals surface area contributed by atoms with Crippen LogP contribution in [-0.4, -0.2) is 41.2 Å². The summed E-state index contributed by atoms with van der Waals surface area (Å²) in [6.45, 7) is 0.825. The van der Waals surface area contributed by atoms with Gasteiger partial charge in [-0.3, -0.25) is 24.1 Å². The van der Waals surface area contributed by atoms with Crippen LogP contribution in [0.25, 0.3) is 0 Å². The third-order valence-electron chi connectivity index (χ3n) is 4.66. The van der Waals surface area contributed by atoms with Crippen LogP contribution in [0.1, 0.15) is 19.8 Å². The van der Waals surface area contributed by atoms with Gasteiger partial charge >= 0.3 is 5.97 Å². The van der Waals surface area contributed by atoms with Crippen molar-refractivity contribution in [3.8, 4) is 0 Å². The molecule has 0 saturated carbocycles. The molecule has 1 aliphatic carbocycles. The number of hydrogen-bond acceptors (Lipinski definition) is 5. The number of carbonyl (C=O) groups excluding carboxylic acids is 4. The summed E-state index contributed by atoms with van der Waals surface area (Å²) in [7, 11) is 0.